The highest BCUT2D eigenvalue weighted by Crippen LogP contribution is 2.43. The van der Waals surface area contributed by atoms with Crippen LogP contribution in [-0.4, -0.2) is 57.7 Å². The molecule has 0 radical (unpaired) electrons. The fourth-order valence-electron chi connectivity index (χ4n) is 3.77. The first kappa shape index (κ1) is 15.8. The van der Waals surface area contributed by atoms with Crippen LogP contribution in [0.3, 0.4) is 0 Å². The van der Waals surface area contributed by atoms with Gasteiger partial charge in [0, 0.05) is 33.0 Å². The van der Waals surface area contributed by atoms with Crippen molar-refractivity contribution in [3.63, 3.8) is 0 Å². The lowest BCUT2D eigenvalue weighted by Crippen LogP contribution is -2.56. The standard InChI is InChI=1S/C15H22N4O4/c1-3-4-11-16-14(17-23-11)19-7-5-15(6-8-19)10(13(21)22)9-12(20)18(15)2/h10H,3-9H2,1-2H3,(H,21,22)/t10-/m1/s1. The molecule has 2 aliphatic heterocycles. The molecule has 1 spiro atoms. The van der Waals surface area contributed by atoms with Crippen molar-refractivity contribution in [2.45, 2.75) is 44.6 Å². The van der Waals surface area contributed by atoms with Gasteiger partial charge in [0.1, 0.15) is 0 Å². The monoisotopic (exact) mass is 322 g/mol. The minimum atomic E-state index is -0.888. The number of anilines is 1. The second kappa shape index (κ2) is 5.82. The summed E-state index contributed by atoms with van der Waals surface area (Å²) >= 11 is 0. The maximum atomic E-state index is 12.0. The number of piperidine rings is 1. The highest BCUT2D eigenvalue weighted by atomic mass is 16.5. The number of hydrogen-bond donors (Lipinski definition) is 1. The predicted octanol–water partition coefficient (Wildman–Crippen LogP) is 0.924. The molecule has 23 heavy (non-hydrogen) atoms. The fourth-order valence-corrected chi connectivity index (χ4v) is 3.77. The van der Waals surface area contributed by atoms with Gasteiger partial charge in [0.2, 0.25) is 11.8 Å². The normalized spacial score (nSPS) is 23.7. The molecule has 1 N–H and O–H groups in total. The van der Waals surface area contributed by atoms with Crippen LogP contribution in [0.5, 0.6) is 0 Å². The first-order valence-corrected chi connectivity index (χ1v) is 8.05. The summed E-state index contributed by atoms with van der Waals surface area (Å²) in [6.45, 7) is 3.28. The Balaban J connectivity index is 1.73. The number of carboxylic acids is 1. The molecule has 8 nitrogen and oxygen atoms in total. The number of hydrogen-bond acceptors (Lipinski definition) is 6. The molecule has 0 saturated carbocycles. The Morgan fingerprint density at radius 3 is 2.74 bits per heavy atom. The van der Waals surface area contributed by atoms with Gasteiger partial charge in [-0.1, -0.05) is 6.92 Å². The van der Waals surface area contributed by atoms with Crippen LogP contribution in [0, 0.1) is 5.92 Å². The lowest BCUT2D eigenvalue weighted by Gasteiger charge is -2.45. The van der Waals surface area contributed by atoms with Crippen LogP contribution in [0.1, 0.15) is 38.5 Å². The third kappa shape index (κ3) is 2.55. The average molecular weight is 322 g/mol. The molecule has 0 bridgehead atoms. The van der Waals surface area contributed by atoms with Crippen LogP contribution in [0.15, 0.2) is 4.52 Å². The van der Waals surface area contributed by atoms with E-state index in [0.29, 0.717) is 37.8 Å². The quantitative estimate of drug-likeness (QED) is 0.880. The molecule has 1 amide bonds. The van der Waals surface area contributed by atoms with Gasteiger partial charge < -0.3 is 19.4 Å². The SMILES string of the molecule is CCCc1nc(N2CCC3(CC2)[C@@H](C(=O)O)CC(=O)N3C)no1. The number of likely N-dealkylation sites (tertiary alicyclic amines) is 1. The number of carbonyl (C=O) groups is 2. The summed E-state index contributed by atoms with van der Waals surface area (Å²) in [5.74, 6) is -0.429. The number of nitrogens with zero attached hydrogens (tertiary/aromatic N) is 4. The number of aromatic nitrogens is 2. The molecule has 0 aromatic carbocycles. The van der Waals surface area contributed by atoms with Gasteiger partial charge in [-0.15, -0.1) is 0 Å². The Kier molecular flexibility index (Phi) is 3.99. The van der Waals surface area contributed by atoms with E-state index < -0.39 is 17.4 Å². The van der Waals surface area contributed by atoms with Crippen molar-refractivity contribution in [3.05, 3.63) is 5.89 Å². The van der Waals surface area contributed by atoms with E-state index in [2.05, 4.69) is 10.1 Å². The van der Waals surface area contributed by atoms with E-state index in [4.69, 9.17) is 4.52 Å². The van der Waals surface area contributed by atoms with E-state index in [1.54, 1.807) is 11.9 Å². The summed E-state index contributed by atoms with van der Waals surface area (Å²) in [6.07, 6.45) is 2.99. The second-order valence-corrected chi connectivity index (χ2v) is 6.38. The van der Waals surface area contributed by atoms with E-state index in [1.807, 2.05) is 11.8 Å². The number of carbonyl (C=O) groups excluding carboxylic acids is 1. The van der Waals surface area contributed by atoms with Crippen molar-refractivity contribution in [1.82, 2.24) is 15.0 Å². The summed E-state index contributed by atoms with van der Waals surface area (Å²) < 4.78 is 5.21. The molecule has 1 aromatic rings. The molecule has 126 valence electrons. The van der Waals surface area contributed by atoms with E-state index >= 15 is 0 Å². The molecule has 8 heteroatoms. The number of rotatable bonds is 4. The van der Waals surface area contributed by atoms with E-state index in [9.17, 15) is 14.7 Å². The first-order valence-electron chi connectivity index (χ1n) is 8.05. The fraction of sp³-hybridized carbons (Fsp3) is 0.733. The van der Waals surface area contributed by atoms with Crippen LogP contribution in [0.2, 0.25) is 0 Å². The summed E-state index contributed by atoms with van der Waals surface area (Å²) in [5, 5.41) is 13.5. The molecule has 0 unspecified atom stereocenters. The first-order chi connectivity index (χ1) is 11.0. The summed E-state index contributed by atoms with van der Waals surface area (Å²) in [5.41, 5.74) is -0.588. The Morgan fingerprint density at radius 2 is 2.13 bits per heavy atom. The van der Waals surface area contributed by atoms with Crippen molar-refractivity contribution < 1.29 is 19.2 Å². The molecule has 2 fully saturated rings. The van der Waals surface area contributed by atoms with Crippen molar-refractivity contribution in [2.75, 3.05) is 25.0 Å². The second-order valence-electron chi connectivity index (χ2n) is 6.38. The van der Waals surface area contributed by atoms with Crippen LogP contribution in [0.4, 0.5) is 5.95 Å². The van der Waals surface area contributed by atoms with Crippen molar-refractivity contribution in [2.24, 2.45) is 5.92 Å². The van der Waals surface area contributed by atoms with E-state index in [-0.39, 0.29) is 12.3 Å². The number of aliphatic carboxylic acids is 1. The maximum absolute atomic E-state index is 12.0. The summed E-state index contributed by atoms with van der Waals surface area (Å²) in [4.78, 5) is 31.6. The zero-order chi connectivity index (χ0) is 16.6. The van der Waals surface area contributed by atoms with Crippen LogP contribution in [0.25, 0.3) is 0 Å². The molecular formula is C15H22N4O4. The van der Waals surface area contributed by atoms with Gasteiger partial charge in [-0.25, -0.2) is 0 Å². The average Bonchev–Trinajstić information content (AvgIpc) is 3.08. The van der Waals surface area contributed by atoms with E-state index in [1.165, 1.54) is 0 Å². The Labute approximate surface area is 134 Å². The zero-order valence-electron chi connectivity index (χ0n) is 13.5. The highest BCUT2D eigenvalue weighted by molar-refractivity contribution is 5.88. The summed E-state index contributed by atoms with van der Waals surface area (Å²) in [6, 6.07) is 0. The molecule has 0 aliphatic carbocycles. The third-order valence-corrected chi connectivity index (χ3v) is 5.20. The topological polar surface area (TPSA) is 99.8 Å². The van der Waals surface area contributed by atoms with Gasteiger partial charge in [-0.3, -0.25) is 9.59 Å². The minimum Gasteiger partial charge on any atom is -0.481 e. The molecule has 2 saturated heterocycles. The van der Waals surface area contributed by atoms with Crippen LogP contribution in [-0.2, 0) is 16.0 Å². The smallest absolute Gasteiger partial charge is 0.309 e. The van der Waals surface area contributed by atoms with Crippen LogP contribution < -0.4 is 4.90 Å². The number of amides is 1. The number of aryl methyl sites for hydroxylation is 1. The van der Waals surface area contributed by atoms with Gasteiger partial charge in [-0.2, -0.15) is 4.98 Å². The zero-order valence-corrected chi connectivity index (χ0v) is 13.5. The van der Waals surface area contributed by atoms with Crippen molar-refractivity contribution in [3.8, 4) is 0 Å². The molecule has 1 aromatic heterocycles. The predicted molar refractivity (Wildman–Crippen MR) is 81.0 cm³/mol. The minimum absolute atomic E-state index is 0.0874. The van der Waals surface area contributed by atoms with Gasteiger partial charge in [0.25, 0.3) is 5.95 Å². The Bertz CT molecular complexity index is 606. The third-order valence-electron chi connectivity index (χ3n) is 5.20. The molecule has 3 heterocycles. The maximum Gasteiger partial charge on any atom is 0.309 e. The van der Waals surface area contributed by atoms with Crippen molar-refractivity contribution in [1.29, 1.82) is 0 Å². The van der Waals surface area contributed by atoms with Gasteiger partial charge in [-0.05, 0) is 24.4 Å². The van der Waals surface area contributed by atoms with Crippen LogP contribution >= 0.6 is 0 Å². The lowest BCUT2D eigenvalue weighted by molar-refractivity contribution is -0.145. The lowest BCUT2D eigenvalue weighted by atomic mass is 9.77. The molecule has 2 aliphatic rings. The van der Waals surface area contributed by atoms with E-state index in [0.717, 1.165) is 12.8 Å². The molecule has 3 rings (SSSR count). The number of carboxylic acid groups (broad SMARTS) is 1. The molecule has 1 atom stereocenters. The van der Waals surface area contributed by atoms with Gasteiger partial charge >= 0.3 is 5.97 Å². The Hall–Kier alpha value is -2.12. The van der Waals surface area contributed by atoms with Gasteiger partial charge in [0.15, 0.2) is 0 Å². The largest absolute Gasteiger partial charge is 0.481 e. The highest BCUT2D eigenvalue weighted by Gasteiger charge is 2.55. The Morgan fingerprint density at radius 1 is 1.43 bits per heavy atom. The molecular weight excluding hydrogens is 300 g/mol. The van der Waals surface area contributed by atoms with Crippen molar-refractivity contribution >= 4 is 17.8 Å². The van der Waals surface area contributed by atoms with Gasteiger partial charge in [0.05, 0.1) is 11.5 Å². The summed E-state index contributed by atoms with van der Waals surface area (Å²) in [7, 11) is 1.72.